The van der Waals surface area contributed by atoms with Crippen LogP contribution in [0.15, 0.2) is 47.9 Å². The highest BCUT2D eigenvalue weighted by atomic mass is 32.2. The van der Waals surface area contributed by atoms with E-state index in [9.17, 15) is 12.8 Å². The molecule has 140 valence electrons. The summed E-state index contributed by atoms with van der Waals surface area (Å²) >= 11 is 0. The second-order valence-corrected chi connectivity index (χ2v) is 7.53. The Morgan fingerprint density at radius 2 is 1.67 bits per heavy atom. The Hall–Kier alpha value is -3.07. The zero-order valence-corrected chi connectivity index (χ0v) is 15.7. The van der Waals surface area contributed by atoms with Gasteiger partial charge in [0.15, 0.2) is 0 Å². The molecule has 9 heteroatoms. The number of aromatic nitrogens is 3. The summed E-state index contributed by atoms with van der Waals surface area (Å²) in [5.74, 6) is 0.0365. The fourth-order valence-electron chi connectivity index (χ4n) is 2.55. The summed E-state index contributed by atoms with van der Waals surface area (Å²) in [5, 5.41) is 0. The molecule has 0 atom stereocenters. The number of aryl methyl sites for hydroxylation is 2. The van der Waals surface area contributed by atoms with E-state index in [4.69, 9.17) is 4.74 Å². The van der Waals surface area contributed by atoms with Crippen LogP contribution in [-0.4, -0.2) is 30.5 Å². The molecule has 3 rings (SSSR count). The number of nitrogens with zero attached hydrogens (tertiary/aromatic N) is 3. The van der Waals surface area contributed by atoms with Crippen LogP contribution in [0.25, 0.3) is 11.1 Å². The van der Waals surface area contributed by atoms with Crippen LogP contribution in [-0.2, 0) is 10.0 Å². The van der Waals surface area contributed by atoms with Crippen molar-refractivity contribution in [2.75, 3.05) is 11.8 Å². The van der Waals surface area contributed by atoms with Gasteiger partial charge < -0.3 is 4.74 Å². The first kappa shape index (κ1) is 18.7. The number of nitrogens with one attached hydrogen (secondary N) is 1. The number of sulfonamides is 1. The second-order valence-electron chi connectivity index (χ2n) is 5.88. The molecule has 0 aliphatic rings. The van der Waals surface area contributed by atoms with E-state index in [-0.39, 0.29) is 10.8 Å². The van der Waals surface area contributed by atoms with Gasteiger partial charge in [-0.3, -0.25) is 4.98 Å². The van der Waals surface area contributed by atoms with Gasteiger partial charge in [-0.1, -0.05) is 0 Å². The van der Waals surface area contributed by atoms with Crippen molar-refractivity contribution < 1.29 is 17.5 Å². The number of methoxy groups -OCH3 is 1. The molecule has 3 aromatic rings. The first-order valence-corrected chi connectivity index (χ1v) is 9.39. The Morgan fingerprint density at radius 1 is 0.963 bits per heavy atom. The summed E-state index contributed by atoms with van der Waals surface area (Å²) in [6.45, 7) is 3.44. The summed E-state index contributed by atoms with van der Waals surface area (Å²) in [7, 11) is -2.35. The molecule has 0 amide bonds. The van der Waals surface area contributed by atoms with E-state index >= 15 is 0 Å². The van der Waals surface area contributed by atoms with Crippen molar-refractivity contribution in [3.63, 3.8) is 0 Å². The average Bonchev–Trinajstić information content (AvgIpc) is 2.63. The minimum Gasteiger partial charge on any atom is -0.496 e. The Kier molecular flexibility index (Phi) is 5.04. The van der Waals surface area contributed by atoms with Gasteiger partial charge in [0.2, 0.25) is 5.95 Å². The smallest absolute Gasteiger partial charge is 0.264 e. The number of anilines is 1. The van der Waals surface area contributed by atoms with Crippen LogP contribution >= 0.6 is 0 Å². The molecule has 27 heavy (non-hydrogen) atoms. The lowest BCUT2D eigenvalue weighted by Crippen LogP contribution is -2.16. The standard InChI is InChI=1S/C18H17FN4O3S/c1-11-5-17(12(2)4-16(11)26-3)27(24,25)23-18-21-8-14(9-22-18)13-6-15(19)10-20-7-13/h4-10H,1-3H3,(H,21,22,23). The van der Waals surface area contributed by atoms with Crippen molar-refractivity contribution >= 4 is 16.0 Å². The third-order valence-corrected chi connectivity index (χ3v) is 5.37. The van der Waals surface area contributed by atoms with Crippen molar-refractivity contribution in [2.24, 2.45) is 0 Å². The normalized spacial score (nSPS) is 11.3. The molecule has 0 fully saturated rings. The van der Waals surface area contributed by atoms with Gasteiger partial charge in [0, 0.05) is 29.7 Å². The maximum atomic E-state index is 13.3. The van der Waals surface area contributed by atoms with Gasteiger partial charge in [0.25, 0.3) is 10.0 Å². The highest BCUT2D eigenvalue weighted by molar-refractivity contribution is 7.92. The number of pyridine rings is 1. The predicted molar refractivity (Wildman–Crippen MR) is 98.5 cm³/mol. The van der Waals surface area contributed by atoms with Crippen LogP contribution in [0, 0.1) is 19.7 Å². The lowest BCUT2D eigenvalue weighted by atomic mass is 10.1. The zero-order valence-electron chi connectivity index (χ0n) is 14.9. The maximum absolute atomic E-state index is 13.3. The number of hydrogen-bond acceptors (Lipinski definition) is 6. The molecule has 0 aliphatic heterocycles. The van der Waals surface area contributed by atoms with Gasteiger partial charge in [0.05, 0.1) is 18.2 Å². The van der Waals surface area contributed by atoms with E-state index in [2.05, 4.69) is 19.7 Å². The maximum Gasteiger partial charge on any atom is 0.264 e. The summed E-state index contributed by atoms with van der Waals surface area (Å²) in [4.78, 5) is 11.9. The van der Waals surface area contributed by atoms with Gasteiger partial charge in [0.1, 0.15) is 11.6 Å². The summed E-state index contributed by atoms with van der Waals surface area (Å²) in [6.07, 6.45) is 5.35. The van der Waals surface area contributed by atoms with E-state index in [1.54, 1.807) is 19.9 Å². The molecule has 2 aromatic heterocycles. The molecular formula is C18H17FN4O3S. The number of rotatable bonds is 5. The average molecular weight is 388 g/mol. The first-order valence-electron chi connectivity index (χ1n) is 7.91. The molecule has 1 N–H and O–H groups in total. The minimum atomic E-state index is -3.88. The molecule has 0 spiro atoms. The molecular weight excluding hydrogens is 371 g/mol. The van der Waals surface area contributed by atoms with Gasteiger partial charge in [-0.05, 0) is 43.2 Å². The lowest BCUT2D eigenvalue weighted by Gasteiger charge is -2.12. The third-order valence-electron chi connectivity index (χ3n) is 3.90. The molecule has 0 saturated heterocycles. The molecule has 0 unspecified atom stereocenters. The molecule has 0 aliphatic carbocycles. The minimum absolute atomic E-state index is 0.0871. The number of benzene rings is 1. The molecule has 0 saturated carbocycles. The molecule has 0 bridgehead atoms. The summed E-state index contributed by atoms with van der Waals surface area (Å²) in [5.41, 5.74) is 2.23. The monoisotopic (exact) mass is 388 g/mol. The van der Waals surface area contributed by atoms with Crippen LogP contribution in [0.3, 0.4) is 0 Å². The zero-order chi connectivity index (χ0) is 19.6. The van der Waals surface area contributed by atoms with Crippen molar-refractivity contribution in [1.29, 1.82) is 0 Å². The number of hydrogen-bond donors (Lipinski definition) is 1. The fraction of sp³-hybridized carbons (Fsp3) is 0.167. The van der Waals surface area contributed by atoms with E-state index in [1.807, 2.05) is 0 Å². The number of ether oxygens (including phenoxy) is 1. The topological polar surface area (TPSA) is 94.1 Å². The fourth-order valence-corrected chi connectivity index (χ4v) is 3.82. The number of halogens is 1. The molecule has 2 heterocycles. The van der Waals surface area contributed by atoms with Crippen molar-refractivity contribution in [3.05, 3.63) is 59.9 Å². The SMILES string of the molecule is COc1cc(C)c(S(=O)(=O)Nc2ncc(-c3cncc(F)c3)cn2)cc1C. The van der Waals surface area contributed by atoms with Crippen molar-refractivity contribution in [2.45, 2.75) is 18.7 Å². The Bertz CT molecular complexity index is 1090. The van der Waals surface area contributed by atoms with E-state index in [1.165, 1.54) is 37.8 Å². The van der Waals surface area contributed by atoms with E-state index in [0.29, 0.717) is 28.0 Å². The van der Waals surface area contributed by atoms with Crippen LogP contribution in [0.1, 0.15) is 11.1 Å². The Labute approximate surface area is 156 Å². The van der Waals surface area contributed by atoms with Crippen LogP contribution in [0.4, 0.5) is 10.3 Å². The van der Waals surface area contributed by atoms with Crippen molar-refractivity contribution in [3.8, 4) is 16.9 Å². The summed E-state index contributed by atoms with van der Waals surface area (Å²) in [6, 6.07) is 4.48. The highest BCUT2D eigenvalue weighted by Crippen LogP contribution is 2.26. The molecule has 1 aromatic carbocycles. The van der Waals surface area contributed by atoms with Crippen LogP contribution < -0.4 is 9.46 Å². The van der Waals surface area contributed by atoms with E-state index in [0.717, 1.165) is 6.20 Å². The quantitative estimate of drug-likeness (QED) is 0.722. The van der Waals surface area contributed by atoms with Gasteiger partial charge >= 0.3 is 0 Å². The Morgan fingerprint density at radius 3 is 2.30 bits per heavy atom. The second kappa shape index (κ2) is 7.28. The molecule has 0 radical (unpaired) electrons. The van der Waals surface area contributed by atoms with E-state index < -0.39 is 15.8 Å². The first-order chi connectivity index (χ1) is 12.8. The van der Waals surface area contributed by atoms with Crippen LogP contribution in [0.2, 0.25) is 0 Å². The largest absolute Gasteiger partial charge is 0.496 e. The summed E-state index contributed by atoms with van der Waals surface area (Å²) < 4.78 is 46.2. The van der Waals surface area contributed by atoms with Gasteiger partial charge in [-0.25, -0.2) is 27.5 Å². The Balaban J connectivity index is 1.87. The highest BCUT2D eigenvalue weighted by Gasteiger charge is 2.20. The predicted octanol–water partition coefficient (Wildman–Crippen LogP) is 3.10. The lowest BCUT2D eigenvalue weighted by molar-refractivity contribution is 0.411. The van der Waals surface area contributed by atoms with Crippen molar-refractivity contribution in [1.82, 2.24) is 15.0 Å². The molecule has 7 nitrogen and oxygen atoms in total. The van der Waals surface area contributed by atoms with Gasteiger partial charge in [-0.2, -0.15) is 0 Å². The van der Waals surface area contributed by atoms with Gasteiger partial charge in [-0.15, -0.1) is 0 Å². The van der Waals surface area contributed by atoms with Crippen LogP contribution in [0.5, 0.6) is 5.75 Å². The third kappa shape index (κ3) is 4.03.